The number of benzene rings is 2. The lowest BCUT2D eigenvalue weighted by Gasteiger charge is -2.28. The van der Waals surface area contributed by atoms with E-state index in [0.717, 1.165) is 17.6 Å². The third-order valence-corrected chi connectivity index (χ3v) is 6.99. The highest BCUT2D eigenvalue weighted by Crippen LogP contribution is 2.36. The van der Waals surface area contributed by atoms with Crippen LogP contribution in [0.2, 0.25) is 0 Å². The third kappa shape index (κ3) is 6.94. The summed E-state index contributed by atoms with van der Waals surface area (Å²) in [5.41, 5.74) is 7.09. The fourth-order valence-electron chi connectivity index (χ4n) is 4.98. The van der Waals surface area contributed by atoms with E-state index in [0.29, 0.717) is 0 Å². The minimum Gasteiger partial charge on any atom is -0.372 e. The molecule has 0 radical (unpaired) electrons. The highest BCUT2D eigenvalue weighted by molar-refractivity contribution is 5.98. The van der Waals surface area contributed by atoms with Crippen molar-refractivity contribution in [1.29, 1.82) is 0 Å². The Hall–Kier alpha value is -3.13. The standard InChI is InChI=1S/C31H35NO.C2H6.H2/c1-23(22-26-13-17-29(18-14-26)32-20-8-5-9-21-32)12-15-28-16-19-30(33)31(25(28)3)24(2)27-10-6-4-7-11-27;1-2;/h4,6-7,10-19,24,31H,3,5,8-9,20-22H2,1-2H3;1-2H3;1H/b23-12+,28-15-;;. The molecule has 2 aliphatic rings. The molecule has 1 aliphatic heterocycles. The summed E-state index contributed by atoms with van der Waals surface area (Å²) in [7, 11) is 0. The SMILES string of the molecule is C=C1/C(=C\C=C(/C)Cc2ccc(N3CCCCC3)cc2)C=CC(=O)C1C(C)c1ccccc1.CC.[HH]. The van der Waals surface area contributed by atoms with E-state index >= 15 is 0 Å². The fraction of sp³-hybridized carbons (Fsp3) is 0.364. The maximum Gasteiger partial charge on any atom is 0.163 e. The highest BCUT2D eigenvalue weighted by atomic mass is 16.1. The highest BCUT2D eigenvalue weighted by Gasteiger charge is 2.30. The molecular formula is C33H43NO. The fourth-order valence-corrected chi connectivity index (χ4v) is 4.98. The average molecular weight is 470 g/mol. The van der Waals surface area contributed by atoms with Gasteiger partial charge < -0.3 is 4.90 Å². The smallest absolute Gasteiger partial charge is 0.163 e. The molecule has 0 spiro atoms. The molecule has 0 aromatic heterocycles. The maximum absolute atomic E-state index is 12.7. The molecule has 4 rings (SSSR count). The maximum atomic E-state index is 12.7. The molecule has 0 amide bonds. The van der Waals surface area contributed by atoms with Gasteiger partial charge in [-0.15, -0.1) is 0 Å². The molecule has 2 heteroatoms. The van der Waals surface area contributed by atoms with E-state index < -0.39 is 0 Å². The Morgan fingerprint density at radius 2 is 1.69 bits per heavy atom. The number of carbonyl (C=O) groups excluding carboxylic acids is 1. The van der Waals surface area contributed by atoms with Gasteiger partial charge in [0.05, 0.1) is 5.92 Å². The summed E-state index contributed by atoms with van der Waals surface area (Å²) in [5, 5.41) is 0. The second-order valence-electron chi connectivity index (χ2n) is 9.46. The van der Waals surface area contributed by atoms with Crippen LogP contribution in [0.3, 0.4) is 0 Å². The van der Waals surface area contributed by atoms with E-state index in [4.69, 9.17) is 0 Å². The molecule has 1 aliphatic carbocycles. The molecule has 2 unspecified atom stereocenters. The Balaban J connectivity index is 0.00000148. The Bertz CT molecular complexity index is 1070. The number of hydrogen-bond acceptors (Lipinski definition) is 2. The van der Waals surface area contributed by atoms with Crippen molar-refractivity contribution >= 4 is 11.5 Å². The summed E-state index contributed by atoms with van der Waals surface area (Å²) < 4.78 is 0. The van der Waals surface area contributed by atoms with Crippen molar-refractivity contribution in [1.82, 2.24) is 0 Å². The van der Waals surface area contributed by atoms with Crippen LogP contribution in [0.25, 0.3) is 0 Å². The van der Waals surface area contributed by atoms with Gasteiger partial charge in [0.25, 0.3) is 0 Å². The zero-order valence-corrected chi connectivity index (χ0v) is 22.0. The molecule has 1 saturated heterocycles. The largest absolute Gasteiger partial charge is 0.372 e. The second-order valence-corrected chi connectivity index (χ2v) is 9.46. The number of hydrogen-bond donors (Lipinski definition) is 0. The van der Waals surface area contributed by atoms with Crippen LogP contribution in [0.1, 0.15) is 65.4 Å². The lowest BCUT2D eigenvalue weighted by atomic mass is 9.75. The third-order valence-electron chi connectivity index (χ3n) is 6.99. The quantitative estimate of drug-likeness (QED) is 0.423. The van der Waals surface area contributed by atoms with Gasteiger partial charge in [-0.05, 0) is 79.0 Å². The summed E-state index contributed by atoms with van der Waals surface area (Å²) >= 11 is 0. The summed E-state index contributed by atoms with van der Waals surface area (Å²) in [4.78, 5) is 15.2. The van der Waals surface area contributed by atoms with Crippen LogP contribution in [0.15, 0.2) is 102 Å². The summed E-state index contributed by atoms with van der Waals surface area (Å²) in [6, 6.07) is 19.3. The molecule has 1 heterocycles. The van der Waals surface area contributed by atoms with Crippen molar-refractivity contribution in [3.8, 4) is 0 Å². The van der Waals surface area contributed by atoms with E-state index in [1.54, 1.807) is 6.08 Å². The number of anilines is 1. The molecule has 1 fully saturated rings. The molecule has 0 N–H and O–H groups in total. The summed E-state index contributed by atoms with van der Waals surface area (Å²) in [6.45, 7) is 15.0. The van der Waals surface area contributed by atoms with Crippen LogP contribution in [0, 0.1) is 5.92 Å². The van der Waals surface area contributed by atoms with Gasteiger partial charge in [-0.25, -0.2) is 0 Å². The Labute approximate surface area is 214 Å². The van der Waals surface area contributed by atoms with Gasteiger partial charge in [0, 0.05) is 20.2 Å². The summed E-state index contributed by atoms with van der Waals surface area (Å²) in [5.74, 6) is 0.0331. The number of allylic oxidation sites excluding steroid dienone is 7. The first-order valence-electron chi connectivity index (χ1n) is 13.2. The number of nitrogens with zero attached hydrogens (tertiary/aromatic N) is 1. The Kier molecular flexibility index (Phi) is 9.90. The summed E-state index contributed by atoms with van der Waals surface area (Å²) in [6.07, 6.45) is 12.8. The lowest BCUT2D eigenvalue weighted by Crippen LogP contribution is -2.29. The van der Waals surface area contributed by atoms with E-state index in [9.17, 15) is 4.79 Å². The molecule has 2 atom stereocenters. The van der Waals surface area contributed by atoms with Gasteiger partial charge in [0.15, 0.2) is 5.78 Å². The minimum atomic E-state index is -0.209. The number of rotatable bonds is 6. The Morgan fingerprint density at radius 3 is 2.34 bits per heavy atom. The topological polar surface area (TPSA) is 20.3 Å². The van der Waals surface area contributed by atoms with E-state index in [1.165, 1.54) is 54.7 Å². The monoisotopic (exact) mass is 469 g/mol. The van der Waals surface area contributed by atoms with Crippen LogP contribution in [0.5, 0.6) is 0 Å². The predicted octanol–water partition coefficient (Wildman–Crippen LogP) is 8.48. The number of ketones is 1. The molecular weight excluding hydrogens is 426 g/mol. The average Bonchev–Trinajstić information content (AvgIpc) is 2.91. The van der Waals surface area contributed by atoms with Crippen molar-refractivity contribution in [2.75, 3.05) is 18.0 Å². The van der Waals surface area contributed by atoms with Crippen LogP contribution in [-0.4, -0.2) is 18.9 Å². The molecule has 0 saturated carbocycles. The zero-order chi connectivity index (χ0) is 25.2. The number of carbonyl (C=O) groups is 1. The van der Waals surface area contributed by atoms with E-state index in [-0.39, 0.29) is 19.0 Å². The second kappa shape index (κ2) is 13.1. The van der Waals surface area contributed by atoms with Crippen LogP contribution >= 0.6 is 0 Å². The molecule has 35 heavy (non-hydrogen) atoms. The van der Waals surface area contributed by atoms with Gasteiger partial charge in [-0.2, -0.15) is 0 Å². The molecule has 2 aromatic rings. The van der Waals surface area contributed by atoms with Crippen molar-refractivity contribution in [3.63, 3.8) is 0 Å². The van der Waals surface area contributed by atoms with Gasteiger partial charge in [-0.1, -0.05) is 93.6 Å². The molecule has 0 bridgehead atoms. The normalized spacial score (nSPS) is 20.5. The van der Waals surface area contributed by atoms with Crippen molar-refractivity contribution in [2.24, 2.45) is 5.92 Å². The predicted molar refractivity (Wildman–Crippen MR) is 153 cm³/mol. The van der Waals surface area contributed by atoms with Crippen LogP contribution < -0.4 is 4.90 Å². The zero-order valence-electron chi connectivity index (χ0n) is 22.0. The number of piperidine rings is 1. The van der Waals surface area contributed by atoms with Gasteiger partial charge >= 0.3 is 0 Å². The van der Waals surface area contributed by atoms with E-state index in [1.807, 2.05) is 38.1 Å². The van der Waals surface area contributed by atoms with Gasteiger partial charge in [0.2, 0.25) is 0 Å². The van der Waals surface area contributed by atoms with E-state index in [2.05, 4.69) is 73.9 Å². The van der Waals surface area contributed by atoms with Crippen molar-refractivity contribution in [3.05, 3.63) is 113 Å². The Morgan fingerprint density at radius 1 is 1.03 bits per heavy atom. The first-order valence-corrected chi connectivity index (χ1v) is 13.2. The first-order chi connectivity index (χ1) is 17.0. The molecule has 2 aromatic carbocycles. The lowest BCUT2D eigenvalue weighted by molar-refractivity contribution is -0.117. The first kappa shape index (κ1) is 26.5. The molecule has 186 valence electrons. The van der Waals surface area contributed by atoms with Crippen molar-refractivity contribution in [2.45, 2.75) is 59.3 Å². The minimum absolute atomic E-state index is 0. The molecule has 2 nitrogen and oxygen atoms in total. The van der Waals surface area contributed by atoms with Crippen LogP contribution in [0.4, 0.5) is 5.69 Å². The van der Waals surface area contributed by atoms with Gasteiger partial charge in [-0.3, -0.25) is 4.79 Å². The van der Waals surface area contributed by atoms with Crippen LogP contribution in [-0.2, 0) is 11.2 Å². The van der Waals surface area contributed by atoms with Crippen molar-refractivity contribution < 1.29 is 6.22 Å². The van der Waals surface area contributed by atoms with Gasteiger partial charge in [0.1, 0.15) is 0 Å².